The topological polar surface area (TPSA) is 79.9 Å². The van der Waals surface area contributed by atoms with Crippen molar-refractivity contribution in [2.45, 2.75) is 16.2 Å². The van der Waals surface area contributed by atoms with E-state index in [0.717, 1.165) is 13.0 Å². The van der Waals surface area contributed by atoms with Gasteiger partial charge in [0.1, 0.15) is 0 Å². The molecule has 0 aliphatic carbocycles. The van der Waals surface area contributed by atoms with Crippen LogP contribution in [-0.2, 0) is 4.79 Å². The third-order valence-electron chi connectivity index (χ3n) is 5.46. The monoisotopic (exact) mass is 461 g/mol. The Bertz CT molecular complexity index is 1150. The van der Waals surface area contributed by atoms with Crippen LogP contribution in [0.25, 0.3) is 0 Å². The number of carbonyl (C=O) groups excluding carboxylic acids is 2. The van der Waals surface area contributed by atoms with Crippen LogP contribution in [0.4, 0.5) is 11.4 Å². The number of nitrogens with one attached hydrogen (secondary N) is 2. The smallest absolute Gasteiger partial charge is 0.251 e. The predicted molar refractivity (Wildman–Crippen MR) is 127 cm³/mol. The van der Waals surface area contributed by atoms with Gasteiger partial charge in [0.15, 0.2) is 11.5 Å². The minimum Gasteiger partial charge on any atom is -0.454 e. The van der Waals surface area contributed by atoms with E-state index in [1.165, 1.54) is 21.2 Å². The highest BCUT2D eigenvalue weighted by molar-refractivity contribution is 7.99. The summed E-state index contributed by atoms with van der Waals surface area (Å²) in [5.41, 5.74) is 2.79. The lowest BCUT2D eigenvalue weighted by molar-refractivity contribution is -0.120. The number of amides is 2. The fraction of sp³-hybridized carbons (Fsp3) is 0.200. The Kier molecular flexibility index (Phi) is 6.08. The molecule has 2 N–H and O–H groups in total. The molecule has 0 unspecified atom stereocenters. The first-order valence-electron chi connectivity index (χ1n) is 10.8. The van der Waals surface area contributed by atoms with E-state index in [1.54, 1.807) is 30.0 Å². The number of carbonyl (C=O) groups is 2. The summed E-state index contributed by atoms with van der Waals surface area (Å²) in [7, 11) is 0. The Morgan fingerprint density at radius 1 is 0.879 bits per heavy atom. The summed E-state index contributed by atoms with van der Waals surface area (Å²) < 4.78 is 10.5. The van der Waals surface area contributed by atoms with E-state index in [-0.39, 0.29) is 25.2 Å². The van der Waals surface area contributed by atoms with Gasteiger partial charge in [0.2, 0.25) is 12.7 Å². The Morgan fingerprint density at radius 3 is 2.33 bits per heavy atom. The molecule has 0 saturated heterocycles. The molecular formula is C25H23N3O4S. The number of hydrogen-bond donors (Lipinski definition) is 2. The molecule has 3 aromatic carbocycles. The molecule has 2 heterocycles. The van der Waals surface area contributed by atoms with E-state index >= 15 is 0 Å². The van der Waals surface area contributed by atoms with Crippen LogP contribution in [0.1, 0.15) is 16.8 Å². The predicted octanol–water partition coefficient (Wildman–Crippen LogP) is 3.95. The SMILES string of the molecule is O=C(CNC(=O)c1ccc2c(c1)OCO2)NCCCN1c2ccccc2Sc2ccccc21. The maximum atomic E-state index is 12.3. The highest BCUT2D eigenvalue weighted by atomic mass is 32.2. The molecule has 0 spiro atoms. The second-order valence-electron chi connectivity index (χ2n) is 7.64. The Hall–Kier alpha value is -3.65. The van der Waals surface area contributed by atoms with Crippen molar-refractivity contribution in [3.05, 3.63) is 72.3 Å². The van der Waals surface area contributed by atoms with Crippen molar-refractivity contribution in [2.75, 3.05) is 31.3 Å². The summed E-state index contributed by atoms with van der Waals surface area (Å²) in [5.74, 6) is 0.592. The number of benzene rings is 3. The zero-order chi connectivity index (χ0) is 22.6. The minimum absolute atomic E-state index is 0.0840. The van der Waals surface area contributed by atoms with E-state index in [0.29, 0.717) is 23.6 Å². The molecule has 0 bridgehead atoms. The molecule has 5 rings (SSSR count). The van der Waals surface area contributed by atoms with Crippen molar-refractivity contribution in [3.8, 4) is 11.5 Å². The molecule has 168 valence electrons. The highest BCUT2D eigenvalue weighted by Gasteiger charge is 2.22. The quantitative estimate of drug-likeness (QED) is 0.519. The third-order valence-corrected chi connectivity index (χ3v) is 6.59. The van der Waals surface area contributed by atoms with Gasteiger partial charge < -0.3 is 25.0 Å². The molecule has 2 aliphatic rings. The van der Waals surface area contributed by atoms with Gasteiger partial charge in [0, 0.05) is 28.4 Å². The second kappa shape index (κ2) is 9.46. The number of hydrogen-bond acceptors (Lipinski definition) is 6. The average Bonchev–Trinajstić information content (AvgIpc) is 3.32. The van der Waals surface area contributed by atoms with Crippen LogP contribution < -0.4 is 25.0 Å². The lowest BCUT2D eigenvalue weighted by Gasteiger charge is -2.32. The second-order valence-corrected chi connectivity index (χ2v) is 8.73. The molecule has 0 fully saturated rings. The lowest BCUT2D eigenvalue weighted by Crippen LogP contribution is -2.38. The number of nitrogens with zero attached hydrogens (tertiary/aromatic N) is 1. The van der Waals surface area contributed by atoms with Crippen LogP contribution >= 0.6 is 11.8 Å². The fourth-order valence-corrected chi connectivity index (χ4v) is 4.95. The summed E-state index contributed by atoms with van der Waals surface area (Å²) >= 11 is 1.78. The number of fused-ring (bicyclic) bond motifs is 3. The van der Waals surface area contributed by atoms with Crippen LogP contribution in [0.5, 0.6) is 11.5 Å². The van der Waals surface area contributed by atoms with Crippen LogP contribution in [0.3, 0.4) is 0 Å². The maximum Gasteiger partial charge on any atom is 0.251 e. The van der Waals surface area contributed by atoms with Gasteiger partial charge in [-0.3, -0.25) is 9.59 Å². The van der Waals surface area contributed by atoms with Gasteiger partial charge in [-0.2, -0.15) is 0 Å². The van der Waals surface area contributed by atoms with Crippen molar-refractivity contribution in [2.24, 2.45) is 0 Å². The van der Waals surface area contributed by atoms with Crippen LogP contribution in [0, 0.1) is 0 Å². The van der Waals surface area contributed by atoms with Gasteiger partial charge in [-0.25, -0.2) is 0 Å². The van der Waals surface area contributed by atoms with Crippen LogP contribution in [0.15, 0.2) is 76.5 Å². The van der Waals surface area contributed by atoms with E-state index in [2.05, 4.69) is 51.9 Å². The van der Waals surface area contributed by atoms with Gasteiger partial charge in [0.05, 0.1) is 17.9 Å². The molecular weight excluding hydrogens is 438 g/mol. The molecule has 0 radical (unpaired) electrons. The van der Waals surface area contributed by atoms with Crippen molar-refractivity contribution in [1.82, 2.24) is 10.6 Å². The van der Waals surface area contributed by atoms with Crippen LogP contribution in [-0.4, -0.2) is 38.2 Å². The van der Waals surface area contributed by atoms with Crippen LogP contribution in [0.2, 0.25) is 0 Å². The molecule has 7 nitrogen and oxygen atoms in total. The Balaban J connectivity index is 1.11. The van der Waals surface area contributed by atoms with Gasteiger partial charge in [-0.05, 0) is 48.9 Å². The summed E-state index contributed by atoms with van der Waals surface area (Å²) in [6, 6.07) is 21.7. The number of ether oxygens (including phenoxy) is 2. The zero-order valence-corrected chi connectivity index (χ0v) is 18.7. The largest absolute Gasteiger partial charge is 0.454 e. The summed E-state index contributed by atoms with van der Waals surface area (Å²) in [5, 5.41) is 5.53. The number of para-hydroxylation sites is 2. The van der Waals surface area contributed by atoms with Crippen molar-refractivity contribution < 1.29 is 19.1 Å². The number of rotatable bonds is 7. The summed E-state index contributed by atoms with van der Waals surface area (Å²) in [6.45, 7) is 1.36. The normalized spacial score (nSPS) is 13.2. The first-order valence-corrected chi connectivity index (χ1v) is 11.6. The molecule has 3 aromatic rings. The van der Waals surface area contributed by atoms with Gasteiger partial charge >= 0.3 is 0 Å². The van der Waals surface area contributed by atoms with E-state index in [9.17, 15) is 9.59 Å². The molecule has 0 atom stereocenters. The lowest BCUT2D eigenvalue weighted by atomic mass is 10.2. The van der Waals surface area contributed by atoms with Crippen molar-refractivity contribution in [3.63, 3.8) is 0 Å². The van der Waals surface area contributed by atoms with Gasteiger partial charge in [-0.15, -0.1) is 0 Å². The third kappa shape index (κ3) is 4.61. The Morgan fingerprint density at radius 2 is 1.58 bits per heavy atom. The maximum absolute atomic E-state index is 12.3. The van der Waals surface area contributed by atoms with E-state index < -0.39 is 0 Å². The summed E-state index contributed by atoms with van der Waals surface area (Å²) in [4.78, 5) is 29.3. The molecule has 8 heteroatoms. The zero-order valence-electron chi connectivity index (χ0n) is 17.9. The van der Waals surface area contributed by atoms with E-state index in [4.69, 9.17) is 9.47 Å². The van der Waals surface area contributed by atoms with Crippen molar-refractivity contribution in [1.29, 1.82) is 0 Å². The highest BCUT2D eigenvalue weighted by Crippen LogP contribution is 2.47. The fourth-order valence-electron chi connectivity index (χ4n) is 3.85. The molecule has 2 aliphatic heterocycles. The molecule has 2 amide bonds. The van der Waals surface area contributed by atoms with Crippen molar-refractivity contribution >= 4 is 35.0 Å². The average molecular weight is 462 g/mol. The Labute approximate surface area is 196 Å². The molecule has 33 heavy (non-hydrogen) atoms. The van der Waals surface area contributed by atoms with Gasteiger partial charge in [0.25, 0.3) is 5.91 Å². The summed E-state index contributed by atoms with van der Waals surface area (Å²) in [6.07, 6.45) is 0.773. The first-order chi connectivity index (χ1) is 16.2. The molecule has 0 saturated carbocycles. The molecule has 0 aromatic heterocycles. The standard InChI is InChI=1S/C25H23N3O4S/c29-24(15-27-25(30)17-10-11-20-21(14-17)32-16-31-20)26-12-5-13-28-18-6-1-3-8-22(18)33-23-9-4-2-7-19(23)28/h1-4,6-11,14H,5,12-13,15-16H2,(H,26,29)(H,27,30). The minimum atomic E-state index is -0.331. The van der Waals surface area contributed by atoms with Gasteiger partial charge in [-0.1, -0.05) is 36.0 Å². The first kappa shape index (κ1) is 21.2. The number of anilines is 2. The van der Waals surface area contributed by atoms with E-state index in [1.807, 2.05) is 12.1 Å².